The fourth-order valence-electron chi connectivity index (χ4n) is 2.21. The van der Waals surface area contributed by atoms with Gasteiger partial charge < -0.3 is 9.64 Å². The van der Waals surface area contributed by atoms with Crippen LogP contribution in [0.5, 0.6) is 5.75 Å². The number of hydrogen-bond donors (Lipinski definition) is 0. The van der Waals surface area contributed by atoms with Crippen molar-refractivity contribution in [3.8, 4) is 5.75 Å². The van der Waals surface area contributed by atoms with Crippen molar-refractivity contribution in [3.05, 3.63) is 28.2 Å². The number of aryl methyl sites for hydroxylation is 1. The number of rotatable bonds is 5. The topological polar surface area (TPSA) is 12.5 Å². The van der Waals surface area contributed by atoms with Gasteiger partial charge in [-0.05, 0) is 57.0 Å². The van der Waals surface area contributed by atoms with E-state index in [2.05, 4.69) is 33.8 Å². The Labute approximate surface area is 112 Å². The van der Waals surface area contributed by atoms with Gasteiger partial charge in [0.1, 0.15) is 5.75 Å². The summed E-state index contributed by atoms with van der Waals surface area (Å²) in [6.07, 6.45) is 3.85. The molecule has 1 saturated heterocycles. The summed E-state index contributed by atoms with van der Waals surface area (Å²) in [5.41, 5.74) is 1.20. The first kappa shape index (κ1) is 12.9. The lowest BCUT2D eigenvalue weighted by Crippen LogP contribution is -2.21. The van der Waals surface area contributed by atoms with E-state index < -0.39 is 0 Å². The SMILES string of the molecule is Cc1ccc(Br)cc1OCCCN1CCCC1. The van der Waals surface area contributed by atoms with Crippen LogP contribution in [-0.4, -0.2) is 31.1 Å². The Morgan fingerprint density at radius 3 is 2.82 bits per heavy atom. The first-order valence-corrected chi connectivity index (χ1v) is 7.16. The summed E-state index contributed by atoms with van der Waals surface area (Å²) in [4.78, 5) is 2.52. The first-order chi connectivity index (χ1) is 8.25. The summed E-state index contributed by atoms with van der Waals surface area (Å²) < 4.78 is 6.90. The van der Waals surface area contributed by atoms with Gasteiger partial charge in [0.15, 0.2) is 0 Å². The van der Waals surface area contributed by atoms with Crippen LogP contribution in [0.1, 0.15) is 24.8 Å². The van der Waals surface area contributed by atoms with Gasteiger partial charge in [-0.2, -0.15) is 0 Å². The van der Waals surface area contributed by atoms with Crippen molar-refractivity contribution in [1.29, 1.82) is 0 Å². The average Bonchev–Trinajstić information content (AvgIpc) is 2.82. The highest BCUT2D eigenvalue weighted by Crippen LogP contribution is 2.23. The van der Waals surface area contributed by atoms with Crippen LogP contribution >= 0.6 is 15.9 Å². The lowest BCUT2D eigenvalue weighted by Gasteiger charge is -2.15. The van der Waals surface area contributed by atoms with E-state index in [0.717, 1.165) is 23.2 Å². The molecule has 1 aromatic rings. The molecule has 0 amide bonds. The van der Waals surface area contributed by atoms with Crippen LogP contribution in [0, 0.1) is 6.92 Å². The zero-order chi connectivity index (χ0) is 12.1. The van der Waals surface area contributed by atoms with Gasteiger partial charge in [-0.3, -0.25) is 0 Å². The lowest BCUT2D eigenvalue weighted by molar-refractivity contribution is 0.262. The molecule has 0 radical (unpaired) electrons. The molecule has 0 bridgehead atoms. The first-order valence-electron chi connectivity index (χ1n) is 6.37. The molecule has 1 aromatic carbocycles. The van der Waals surface area contributed by atoms with E-state index >= 15 is 0 Å². The summed E-state index contributed by atoms with van der Waals surface area (Å²) >= 11 is 3.47. The molecule has 0 spiro atoms. The van der Waals surface area contributed by atoms with E-state index in [-0.39, 0.29) is 0 Å². The Hall–Kier alpha value is -0.540. The van der Waals surface area contributed by atoms with E-state index in [9.17, 15) is 0 Å². The molecule has 2 nitrogen and oxygen atoms in total. The van der Waals surface area contributed by atoms with Crippen molar-refractivity contribution in [2.24, 2.45) is 0 Å². The number of halogens is 1. The second kappa shape index (κ2) is 6.41. The van der Waals surface area contributed by atoms with Gasteiger partial charge in [0.2, 0.25) is 0 Å². The third-order valence-electron chi connectivity index (χ3n) is 3.23. The third kappa shape index (κ3) is 4.00. The van der Waals surface area contributed by atoms with Crippen LogP contribution < -0.4 is 4.74 Å². The predicted octanol–water partition coefficient (Wildman–Crippen LogP) is 3.62. The highest BCUT2D eigenvalue weighted by atomic mass is 79.9. The molecule has 1 heterocycles. The average molecular weight is 298 g/mol. The maximum atomic E-state index is 5.82. The standard InChI is InChI=1S/C14H20BrNO/c1-12-5-6-13(15)11-14(12)17-10-4-9-16-7-2-3-8-16/h5-6,11H,2-4,7-10H2,1H3. The van der Waals surface area contributed by atoms with Gasteiger partial charge in [-0.15, -0.1) is 0 Å². The van der Waals surface area contributed by atoms with E-state index in [4.69, 9.17) is 4.74 Å². The van der Waals surface area contributed by atoms with Gasteiger partial charge in [0, 0.05) is 11.0 Å². The van der Waals surface area contributed by atoms with Gasteiger partial charge in [-0.1, -0.05) is 22.0 Å². The number of ether oxygens (including phenoxy) is 1. The zero-order valence-electron chi connectivity index (χ0n) is 10.4. The van der Waals surface area contributed by atoms with Crippen LogP contribution in [-0.2, 0) is 0 Å². The van der Waals surface area contributed by atoms with E-state index in [0.29, 0.717) is 0 Å². The Kier molecular flexibility index (Phi) is 4.86. The molecule has 0 saturated carbocycles. The number of hydrogen-bond acceptors (Lipinski definition) is 2. The largest absolute Gasteiger partial charge is 0.493 e. The molecule has 0 atom stereocenters. The molecule has 0 aromatic heterocycles. The maximum Gasteiger partial charge on any atom is 0.123 e. The molecule has 1 aliphatic heterocycles. The monoisotopic (exact) mass is 297 g/mol. The molecule has 94 valence electrons. The minimum atomic E-state index is 0.813. The van der Waals surface area contributed by atoms with Crippen LogP contribution in [0.2, 0.25) is 0 Å². The van der Waals surface area contributed by atoms with Crippen LogP contribution in [0.25, 0.3) is 0 Å². The van der Waals surface area contributed by atoms with Gasteiger partial charge >= 0.3 is 0 Å². The molecule has 2 rings (SSSR count). The molecule has 1 aliphatic rings. The smallest absolute Gasteiger partial charge is 0.123 e. The van der Waals surface area contributed by atoms with E-state index in [1.54, 1.807) is 0 Å². The molecular formula is C14H20BrNO. The highest BCUT2D eigenvalue weighted by Gasteiger charge is 2.10. The minimum Gasteiger partial charge on any atom is -0.493 e. The predicted molar refractivity (Wildman–Crippen MR) is 74.7 cm³/mol. The molecule has 0 unspecified atom stereocenters. The summed E-state index contributed by atoms with van der Waals surface area (Å²) in [7, 11) is 0. The Balaban J connectivity index is 1.72. The fourth-order valence-corrected chi connectivity index (χ4v) is 2.55. The summed E-state index contributed by atoms with van der Waals surface area (Å²) in [5.74, 6) is 1.00. The van der Waals surface area contributed by atoms with Crippen molar-refractivity contribution in [2.75, 3.05) is 26.2 Å². The van der Waals surface area contributed by atoms with Crippen molar-refractivity contribution in [2.45, 2.75) is 26.2 Å². The Bertz CT molecular complexity index is 361. The normalized spacial score (nSPS) is 16.4. The quantitative estimate of drug-likeness (QED) is 0.770. The molecule has 3 heteroatoms. The molecule has 17 heavy (non-hydrogen) atoms. The maximum absolute atomic E-state index is 5.82. The molecule has 0 aliphatic carbocycles. The summed E-state index contributed by atoms with van der Waals surface area (Å²) in [6.45, 7) is 6.62. The van der Waals surface area contributed by atoms with Crippen LogP contribution in [0.15, 0.2) is 22.7 Å². The van der Waals surface area contributed by atoms with Crippen LogP contribution in [0.4, 0.5) is 0 Å². The van der Waals surface area contributed by atoms with Gasteiger partial charge in [-0.25, -0.2) is 0 Å². The van der Waals surface area contributed by atoms with Crippen molar-refractivity contribution < 1.29 is 4.74 Å². The number of benzene rings is 1. The fraction of sp³-hybridized carbons (Fsp3) is 0.571. The zero-order valence-corrected chi connectivity index (χ0v) is 12.0. The van der Waals surface area contributed by atoms with Crippen molar-refractivity contribution in [1.82, 2.24) is 4.90 Å². The summed E-state index contributed by atoms with van der Waals surface area (Å²) in [5, 5.41) is 0. The lowest BCUT2D eigenvalue weighted by atomic mass is 10.2. The van der Waals surface area contributed by atoms with Crippen molar-refractivity contribution >= 4 is 15.9 Å². The van der Waals surface area contributed by atoms with E-state index in [1.807, 2.05) is 12.1 Å². The van der Waals surface area contributed by atoms with Crippen molar-refractivity contribution in [3.63, 3.8) is 0 Å². The second-order valence-corrected chi connectivity index (χ2v) is 5.58. The minimum absolute atomic E-state index is 0.813. The highest BCUT2D eigenvalue weighted by molar-refractivity contribution is 9.10. The number of nitrogens with zero attached hydrogens (tertiary/aromatic N) is 1. The number of likely N-dealkylation sites (tertiary alicyclic amines) is 1. The Morgan fingerprint density at radius 1 is 1.29 bits per heavy atom. The van der Waals surface area contributed by atoms with Crippen LogP contribution in [0.3, 0.4) is 0 Å². The third-order valence-corrected chi connectivity index (χ3v) is 3.72. The van der Waals surface area contributed by atoms with Gasteiger partial charge in [0.05, 0.1) is 6.61 Å². The summed E-state index contributed by atoms with van der Waals surface area (Å²) in [6, 6.07) is 6.18. The second-order valence-electron chi connectivity index (χ2n) is 4.66. The Morgan fingerprint density at radius 2 is 2.06 bits per heavy atom. The molecule has 1 fully saturated rings. The molecule has 0 N–H and O–H groups in total. The molecular weight excluding hydrogens is 278 g/mol. The van der Waals surface area contributed by atoms with Gasteiger partial charge in [0.25, 0.3) is 0 Å². The van der Waals surface area contributed by atoms with E-state index in [1.165, 1.54) is 38.0 Å².